The number of fused-ring (bicyclic) bond motifs is 1. The zero-order valence-electron chi connectivity index (χ0n) is 19.5. The molecule has 0 spiro atoms. The molecule has 1 aromatic heterocycles. The molecular formula is C24H38N4O2. The fraction of sp³-hybridized carbons (Fsp3) is 0.625. The minimum Gasteiger partial charge on any atom is -0.331 e. The van der Waals surface area contributed by atoms with E-state index < -0.39 is 0 Å². The highest BCUT2D eigenvalue weighted by atomic mass is 16.2. The van der Waals surface area contributed by atoms with E-state index in [0.29, 0.717) is 29.7 Å². The molecule has 1 aromatic carbocycles. The highest BCUT2D eigenvalue weighted by Gasteiger charge is 2.31. The maximum Gasteiger partial charge on any atom is 0.261 e. The lowest BCUT2D eigenvalue weighted by Gasteiger charge is -2.35. The van der Waals surface area contributed by atoms with E-state index in [1.807, 2.05) is 43.3 Å². The van der Waals surface area contributed by atoms with Crippen LogP contribution in [0.2, 0.25) is 0 Å². The van der Waals surface area contributed by atoms with Crippen molar-refractivity contribution in [3.05, 3.63) is 40.4 Å². The molecule has 2 unspecified atom stereocenters. The first-order valence-corrected chi connectivity index (χ1v) is 11.3. The summed E-state index contributed by atoms with van der Waals surface area (Å²) in [5.74, 6) is 0.861. The van der Waals surface area contributed by atoms with Crippen molar-refractivity contribution in [1.29, 1.82) is 0 Å². The van der Waals surface area contributed by atoms with Crippen molar-refractivity contribution in [2.24, 2.45) is 13.0 Å². The average molecular weight is 415 g/mol. The normalized spacial score (nSPS) is 13.6. The molecule has 1 heterocycles. The molecule has 0 N–H and O–H groups in total. The molecule has 0 aliphatic heterocycles. The van der Waals surface area contributed by atoms with Crippen molar-refractivity contribution in [1.82, 2.24) is 19.4 Å². The largest absolute Gasteiger partial charge is 0.331 e. The van der Waals surface area contributed by atoms with Crippen LogP contribution in [0.1, 0.15) is 64.7 Å². The number of para-hydroxylation sites is 1. The van der Waals surface area contributed by atoms with Gasteiger partial charge in [0.05, 0.1) is 16.9 Å². The summed E-state index contributed by atoms with van der Waals surface area (Å²) in [6.45, 7) is 7.70. The Labute approximate surface area is 180 Å². The fourth-order valence-corrected chi connectivity index (χ4v) is 3.99. The highest BCUT2D eigenvalue weighted by Crippen LogP contribution is 2.27. The highest BCUT2D eigenvalue weighted by molar-refractivity contribution is 5.80. The monoisotopic (exact) mass is 414 g/mol. The van der Waals surface area contributed by atoms with Gasteiger partial charge in [-0.1, -0.05) is 45.7 Å². The van der Waals surface area contributed by atoms with Gasteiger partial charge in [0.25, 0.3) is 5.56 Å². The Balaban J connectivity index is 2.51. The Kier molecular flexibility index (Phi) is 9.03. The molecule has 0 bridgehead atoms. The van der Waals surface area contributed by atoms with Crippen LogP contribution in [-0.4, -0.2) is 52.4 Å². The predicted octanol–water partition coefficient (Wildman–Crippen LogP) is 3.99. The third-order valence-corrected chi connectivity index (χ3v) is 5.90. The van der Waals surface area contributed by atoms with Gasteiger partial charge in [-0.2, -0.15) is 0 Å². The Bertz CT molecular complexity index is 890. The van der Waals surface area contributed by atoms with Crippen molar-refractivity contribution in [2.45, 2.75) is 58.9 Å². The predicted molar refractivity (Wildman–Crippen MR) is 124 cm³/mol. The van der Waals surface area contributed by atoms with E-state index >= 15 is 0 Å². The number of hydrogen-bond acceptors (Lipinski definition) is 4. The van der Waals surface area contributed by atoms with Gasteiger partial charge >= 0.3 is 0 Å². The summed E-state index contributed by atoms with van der Waals surface area (Å²) < 4.78 is 1.62. The molecule has 2 atom stereocenters. The van der Waals surface area contributed by atoms with Crippen LogP contribution in [0.15, 0.2) is 29.1 Å². The van der Waals surface area contributed by atoms with Crippen molar-refractivity contribution in [2.75, 3.05) is 27.2 Å². The molecule has 6 nitrogen and oxygen atoms in total. The van der Waals surface area contributed by atoms with Crippen LogP contribution >= 0.6 is 0 Å². The number of amides is 1. The van der Waals surface area contributed by atoms with Crippen molar-refractivity contribution >= 4 is 16.8 Å². The SMILES string of the molecule is CCCCC(CC)C(=O)N(CCN(C)C)C(CC)c1nc2ccccc2c(=O)n1C. The Morgan fingerprint density at radius 2 is 1.80 bits per heavy atom. The Hall–Kier alpha value is -2.21. The molecule has 2 aromatic rings. The van der Waals surface area contributed by atoms with Crippen LogP contribution in [0.5, 0.6) is 0 Å². The maximum atomic E-state index is 13.6. The van der Waals surface area contributed by atoms with Gasteiger partial charge in [-0.15, -0.1) is 0 Å². The van der Waals surface area contributed by atoms with E-state index in [1.54, 1.807) is 11.6 Å². The van der Waals surface area contributed by atoms with Crippen LogP contribution in [-0.2, 0) is 11.8 Å². The Morgan fingerprint density at radius 3 is 2.40 bits per heavy atom. The molecule has 0 aliphatic carbocycles. The number of likely N-dealkylation sites (N-methyl/N-ethyl adjacent to an activating group) is 1. The quantitative estimate of drug-likeness (QED) is 0.558. The molecule has 0 aliphatic rings. The lowest BCUT2D eigenvalue weighted by Crippen LogP contribution is -2.44. The van der Waals surface area contributed by atoms with Gasteiger partial charge in [-0.3, -0.25) is 14.2 Å². The summed E-state index contributed by atoms with van der Waals surface area (Å²) in [4.78, 5) is 35.5. The lowest BCUT2D eigenvalue weighted by atomic mass is 9.96. The van der Waals surface area contributed by atoms with Crippen LogP contribution in [0.4, 0.5) is 0 Å². The van der Waals surface area contributed by atoms with Crippen molar-refractivity contribution < 1.29 is 4.79 Å². The first kappa shape index (κ1) is 24.1. The first-order valence-electron chi connectivity index (χ1n) is 11.3. The molecule has 30 heavy (non-hydrogen) atoms. The molecule has 0 radical (unpaired) electrons. The summed E-state index contributed by atoms with van der Waals surface area (Å²) in [5, 5.41) is 0.610. The van der Waals surface area contributed by atoms with Gasteiger partial charge in [0.2, 0.25) is 5.91 Å². The van der Waals surface area contributed by atoms with Gasteiger partial charge in [-0.25, -0.2) is 4.98 Å². The molecular weight excluding hydrogens is 376 g/mol. The molecule has 6 heteroatoms. The number of carbonyl (C=O) groups is 1. The molecule has 1 amide bonds. The van der Waals surface area contributed by atoms with Gasteiger partial charge < -0.3 is 9.80 Å². The second-order valence-electron chi connectivity index (χ2n) is 8.36. The van der Waals surface area contributed by atoms with E-state index in [2.05, 4.69) is 25.7 Å². The van der Waals surface area contributed by atoms with Crippen LogP contribution in [0.25, 0.3) is 10.9 Å². The summed E-state index contributed by atoms with van der Waals surface area (Å²) in [6.07, 6.45) is 4.58. The maximum absolute atomic E-state index is 13.6. The number of rotatable bonds is 11. The zero-order valence-corrected chi connectivity index (χ0v) is 19.5. The van der Waals surface area contributed by atoms with Crippen molar-refractivity contribution in [3.8, 4) is 0 Å². The number of aromatic nitrogens is 2. The van der Waals surface area contributed by atoms with Gasteiger partial charge in [-0.05, 0) is 45.5 Å². The number of carbonyl (C=O) groups excluding carboxylic acids is 1. The summed E-state index contributed by atoms with van der Waals surface area (Å²) in [5.41, 5.74) is 0.624. The molecule has 0 saturated carbocycles. The average Bonchev–Trinajstić information content (AvgIpc) is 2.74. The van der Waals surface area contributed by atoms with E-state index in [1.165, 1.54) is 0 Å². The minimum absolute atomic E-state index is 0.0126. The first-order chi connectivity index (χ1) is 14.3. The standard InChI is InChI=1S/C24H38N4O2/c1-7-10-13-18(8-2)23(29)28(17-16-26(4)5)21(9-3)22-25-20-15-12-11-14-19(20)24(30)27(22)6/h11-12,14-15,18,21H,7-10,13,16-17H2,1-6H3. The number of hydrogen-bond donors (Lipinski definition) is 0. The van der Waals surface area contributed by atoms with Crippen LogP contribution in [0.3, 0.4) is 0 Å². The van der Waals surface area contributed by atoms with Crippen molar-refractivity contribution in [3.63, 3.8) is 0 Å². The van der Waals surface area contributed by atoms with Crippen LogP contribution < -0.4 is 5.56 Å². The third kappa shape index (κ3) is 5.48. The topological polar surface area (TPSA) is 58.4 Å². The Morgan fingerprint density at radius 1 is 1.10 bits per heavy atom. The summed E-state index contributed by atoms with van der Waals surface area (Å²) in [7, 11) is 5.80. The molecule has 0 fully saturated rings. The van der Waals surface area contributed by atoms with Crippen LogP contribution in [0, 0.1) is 5.92 Å². The second kappa shape index (κ2) is 11.3. The fourth-order valence-electron chi connectivity index (χ4n) is 3.99. The number of nitrogens with zero attached hydrogens (tertiary/aromatic N) is 4. The van der Waals surface area contributed by atoms with Gasteiger partial charge in [0.1, 0.15) is 5.82 Å². The molecule has 0 saturated heterocycles. The zero-order chi connectivity index (χ0) is 22.3. The molecule has 2 rings (SSSR count). The molecule has 166 valence electrons. The third-order valence-electron chi connectivity index (χ3n) is 5.90. The van der Waals surface area contributed by atoms with Gasteiger partial charge in [0, 0.05) is 26.1 Å². The summed E-state index contributed by atoms with van der Waals surface area (Å²) >= 11 is 0. The smallest absolute Gasteiger partial charge is 0.261 e. The number of benzene rings is 1. The second-order valence-corrected chi connectivity index (χ2v) is 8.36. The van der Waals surface area contributed by atoms with E-state index in [4.69, 9.17) is 4.98 Å². The van der Waals surface area contributed by atoms with E-state index in [0.717, 1.165) is 32.2 Å². The minimum atomic E-state index is -0.226. The van der Waals surface area contributed by atoms with Gasteiger partial charge in [0.15, 0.2) is 0 Å². The number of unbranched alkanes of at least 4 members (excludes halogenated alkanes) is 1. The lowest BCUT2D eigenvalue weighted by molar-refractivity contribution is -0.139. The van der Waals surface area contributed by atoms with E-state index in [-0.39, 0.29) is 23.4 Å². The summed E-state index contributed by atoms with van der Waals surface area (Å²) in [6, 6.07) is 7.20. The van der Waals surface area contributed by atoms with E-state index in [9.17, 15) is 9.59 Å².